The Labute approximate surface area is 116 Å². The zero-order chi connectivity index (χ0) is 11.3. The maximum atomic E-state index is 5.71. The van der Waals surface area contributed by atoms with E-state index in [2.05, 4.69) is 54.7 Å². The molecule has 0 saturated carbocycles. The Morgan fingerprint density at radius 1 is 1.20 bits per heavy atom. The van der Waals surface area contributed by atoms with Crippen LogP contribution in [0.3, 0.4) is 0 Å². The molecule has 0 N–H and O–H groups in total. The van der Waals surface area contributed by atoms with Crippen molar-refractivity contribution in [3.63, 3.8) is 0 Å². The Morgan fingerprint density at radius 2 is 1.87 bits per heavy atom. The van der Waals surface area contributed by atoms with Gasteiger partial charge in [0.25, 0.3) is 0 Å². The van der Waals surface area contributed by atoms with Gasteiger partial charge in [0.2, 0.25) is 0 Å². The fourth-order valence-electron chi connectivity index (χ4n) is 1.15. The molecule has 4 heteroatoms. The fraction of sp³-hybridized carbons (Fsp3) is 0.455. The summed E-state index contributed by atoms with van der Waals surface area (Å²) in [5.41, 5.74) is 1.04. The van der Waals surface area contributed by atoms with E-state index < -0.39 is 2.14 Å². The number of rotatable bonds is 4. The topological polar surface area (TPSA) is 9.23 Å². The normalized spacial score (nSPS) is 11.5. The standard InChI is InChI=1S/C11H13Br3O/c1-2-3-8-15-10-7-5-4-6-9(10)11(12,13)14/h4-7H,2-3,8H2,1H3. The van der Waals surface area contributed by atoms with Crippen molar-refractivity contribution in [2.24, 2.45) is 0 Å². The first kappa shape index (κ1) is 13.5. The average Bonchev–Trinajstić information content (AvgIpc) is 2.17. The Hall–Kier alpha value is 0.460. The van der Waals surface area contributed by atoms with Crippen molar-refractivity contribution < 1.29 is 4.74 Å². The second-order valence-electron chi connectivity index (χ2n) is 3.20. The number of hydrogen-bond donors (Lipinski definition) is 0. The summed E-state index contributed by atoms with van der Waals surface area (Å²) in [6, 6.07) is 7.95. The minimum Gasteiger partial charge on any atom is -0.493 e. The van der Waals surface area contributed by atoms with Crippen molar-refractivity contribution in [2.45, 2.75) is 21.9 Å². The van der Waals surface area contributed by atoms with E-state index in [1.54, 1.807) is 0 Å². The summed E-state index contributed by atoms with van der Waals surface area (Å²) in [4.78, 5) is 0. The largest absolute Gasteiger partial charge is 0.493 e. The van der Waals surface area contributed by atoms with Gasteiger partial charge in [-0.15, -0.1) is 0 Å². The van der Waals surface area contributed by atoms with E-state index in [1.807, 2.05) is 24.3 Å². The summed E-state index contributed by atoms with van der Waals surface area (Å²) in [6.45, 7) is 2.91. The molecule has 0 fully saturated rings. The zero-order valence-corrected chi connectivity index (χ0v) is 13.2. The molecule has 0 unspecified atom stereocenters. The van der Waals surface area contributed by atoms with Gasteiger partial charge in [-0.2, -0.15) is 0 Å². The number of unbranched alkanes of at least 4 members (excludes halogenated alkanes) is 1. The Morgan fingerprint density at radius 3 is 2.47 bits per heavy atom. The van der Waals surface area contributed by atoms with Gasteiger partial charge >= 0.3 is 0 Å². The van der Waals surface area contributed by atoms with Crippen LogP contribution in [0.4, 0.5) is 0 Å². The van der Waals surface area contributed by atoms with Crippen molar-refractivity contribution in [3.8, 4) is 5.75 Å². The summed E-state index contributed by atoms with van der Waals surface area (Å²) in [7, 11) is 0. The molecule has 1 aromatic rings. The van der Waals surface area contributed by atoms with E-state index >= 15 is 0 Å². The van der Waals surface area contributed by atoms with Crippen molar-refractivity contribution >= 4 is 47.8 Å². The molecule has 1 nitrogen and oxygen atoms in total. The minimum atomic E-state index is -0.407. The van der Waals surface area contributed by atoms with Crippen LogP contribution in [0.5, 0.6) is 5.75 Å². The van der Waals surface area contributed by atoms with E-state index in [1.165, 1.54) is 0 Å². The van der Waals surface area contributed by atoms with E-state index in [0.29, 0.717) is 0 Å². The molecule has 0 radical (unpaired) electrons. The van der Waals surface area contributed by atoms with Gasteiger partial charge in [0.05, 0.1) is 6.61 Å². The highest BCUT2D eigenvalue weighted by Gasteiger charge is 2.24. The van der Waals surface area contributed by atoms with Crippen LogP contribution in [-0.2, 0) is 2.14 Å². The number of para-hydroxylation sites is 1. The van der Waals surface area contributed by atoms with Gasteiger partial charge < -0.3 is 4.74 Å². The monoisotopic (exact) mass is 398 g/mol. The molecule has 0 aliphatic carbocycles. The van der Waals surface area contributed by atoms with Gasteiger partial charge in [0, 0.05) is 5.56 Å². The molecule has 0 atom stereocenters. The quantitative estimate of drug-likeness (QED) is 0.501. The fourth-order valence-corrected chi connectivity index (χ4v) is 2.14. The first-order chi connectivity index (χ1) is 7.05. The van der Waals surface area contributed by atoms with Crippen LogP contribution in [0.25, 0.3) is 0 Å². The van der Waals surface area contributed by atoms with Gasteiger partial charge in [-0.05, 0) is 12.5 Å². The predicted molar refractivity (Wildman–Crippen MR) is 75.3 cm³/mol. The second-order valence-corrected chi connectivity index (χ2v) is 9.96. The summed E-state index contributed by atoms with van der Waals surface area (Å²) < 4.78 is 5.31. The lowest BCUT2D eigenvalue weighted by Crippen LogP contribution is -2.04. The molecule has 0 aliphatic heterocycles. The van der Waals surface area contributed by atoms with Crippen LogP contribution in [0, 0.1) is 0 Å². The molecule has 0 amide bonds. The number of ether oxygens (including phenoxy) is 1. The van der Waals surface area contributed by atoms with E-state index in [0.717, 1.165) is 30.8 Å². The minimum absolute atomic E-state index is 0.407. The van der Waals surface area contributed by atoms with Crippen LogP contribution >= 0.6 is 47.8 Å². The smallest absolute Gasteiger partial charge is 0.163 e. The Balaban J connectivity index is 2.78. The van der Waals surface area contributed by atoms with E-state index in [4.69, 9.17) is 4.74 Å². The highest BCUT2D eigenvalue weighted by Crippen LogP contribution is 2.47. The molecule has 0 saturated heterocycles. The lowest BCUT2D eigenvalue weighted by Gasteiger charge is -2.17. The number of halogens is 3. The van der Waals surface area contributed by atoms with Crippen LogP contribution in [0.1, 0.15) is 25.3 Å². The van der Waals surface area contributed by atoms with Gasteiger partial charge in [-0.25, -0.2) is 0 Å². The van der Waals surface area contributed by atoms with E-state index in [-0.39, 0.29) is 0 Å². The summed E-state index contributed by atoms with van der Waals surface area (Å²) in [6.07, 6.45) is 2.22. The molecule has 0 aromatic heterocycles. The molecular weight excluding hydrogens is 388 g/mol. The van der Waals surface area contributed by atoms with Crippen LogP contribution in [-0.4, -0.2) is 6.61 Å². The third-order valence-electron chi connectivity index (χ3n) is 1.95. The predicted octanol–water partition coefficient (Wildman–Crippen LogP) is 5.16. The number of alkyl halides is 3. The van der Waals surface area contributed by atoms with Gasteiger partial charge in [0.15, 0.2) is 2.14 Å². The highest BCUT2D eigenvalue weighted by atomic mass is 80.0. The lowest BCUT2D eigenvalue weighted by molar-refractivity contribution is 0.307. The first-order valence-electron chi connectivity index (χ1n) is 4.84. The molecule has 0 bridgehead atoms. The third kappa shape index (κ3) is 4.45. The molecule has 84 valence electrons. The number of hydrogen-bond acceptors (Lipinski definition) is 1. The molecular formula is C11H13Br3O. The SMILES string of the molecule is CCCCOc1ccccc1C(Br)(Br)Br. The molecule has 0 heterocycles. The van der Waals surface area contributed by atoms with Gasteiger partial charge in [-0.1, -0.05) is 79.3 Å². The average molecular weight is 401 g/mol. The maximum absolute atomic E-state index is 5.71. The Kier molecular flexibility index (Phi) is 5.64. The summed E-state index contributed by atoms with van der Waals surface area (Å²) in [5, 5.41) is 0. The molecule has 0 aliphatic rings. The highest BCUT2D eigenvalue weighted by molar-refractivity contribution is 9.38. The first-order valence-corrected chi connectivity index (χ1v) is 7.22. The molecule has 0 spiro atoms. The lowest BCUT2D eigenvalue weighted by atomic mass is 10.2. The molecule has 1 rings (SSSR count). The maximum Gasteiger partial charge on any atom is 0.163 e. The summed E-state index contributed by atoms with van der Waals surface area (Å²) in [5.74, 6) is 0.900. The summed E-state index contributed by atoms with van der Waals surface area (Å²) >= 11 is 10.5. The van der Waals surface area contributed by atoms with Crippen molar-refractivity contribution in [1.82, 2.24) is 0 Å². The van der Waals surface area contributed by atoms with E-state index in [9.17, 15) is 0 Å². The molecule has 15 heavy (non-hydrogen) atoms. The van der Waals surface area contributed by atoms with Crippen LogP contribution < -0.4 is 4.74 Å². The second kappa shape index (κ2) is 6.26. The Bertz CT molecular complexity index is 307. The van der Waals surface area contributed by atoms with Crippen molar-refractivity contribution in [2.75, 3.05) is 6.61 Å². The van der Waals surface area contributed by atoms with Crippen molar-refractivity contribution in [3.05, 3.63) is 29.8 Å². The zero-order valence-electron chi connectivity index (χ0n) is 8.47. The number of benzene rings is 1. The van der Waals surface area contributed by atoms with Gasteiger partial charge in [-0.3, -0.25) is 0 Å². The van der Waals surface area contributed by atoms with Crippen LogP contribution in [0.15, 0.2) is 24.3 Å². The molecule has 1 aromatic carbocycles. The van der Waals surface area contributed by atoms with Gasteiger partial charge in [0.1, 0.15) is 5.75 Å². The van der Waals surface area contributed by atoms with Crippen LogP contribution in [0.2, 0.25) is 0 Å². The third-order valence-corrected chi connectivity index (χ3v) is 3.23. The van der Waals surface area contributed by atoms with Crippen molar-refractivity contribution in [1.29, 1.82) is 0 Å².